The van der Waals surface area contributed by atoms with Crippen molar-refractivity contribution in [2.24, 2.45) is 0 Å². The van der Waals surface area contributed by atoms with E-state index in [1.54, 1.807) is 0 Å². The topological polar surface area (TPSA) is 77.8 Å². The molecule has 7 heavy (non-hydrogen) atoms. The average Bonchev–Trinajstić information content (AvgIpc) is 0.722. The first-order chi connectivity index (χ1) is 2.00. The van der Waals surface area contributed by atoms with Gasteiger partial charge in [0.15, 0.2) is 0 Å². The molecule has 0 rings (SSSR count). The van der Waals surface area contributed by atoms with Crippen LogP contribution >= 0.6 is 7.82 Å². The van der Waals surface area contributed by atoms with Gasteiger partial charge in [-0.05, 0) is 0 Å². The van der Waals surface area contributed by atoms with E-state index in [0.29, 0.717) is 0 Å². The summed E-state index contributed by atoms with van der Waals surface area (Å²) in [5.41, 5.74) is 0. The monoisotopic (exact) mass is 273 g/mol. The molecule has 0 aromatic carbocycles. The number of hydrogen-bond acceptors (Lipinski definition) is 1. The maximum absolute atomic E-state index is 8.88. The summed E-state index contributed by atoms with van der Waals surface area (Å²) in [5.74, 6) is 0. The molecule has 0 spiro atoms. The standard InChI is InChI=1S/H3O4P.Rb.Y.H/c1-5(2,3)4;;;/h(H3,1,2,3,4);;;. The Morgan fingerprint density at radius 3 is 1.14 bits per heavy atom. The van der Waals surface area contributed by atoms with E-state index in [4.69, 9.17) is 19.2 Å². The van der Waals surface area contributed by atoms with Crippen molar-refractivity contribution in [1.29, 1.82) is 0 Å². The normalized spacial score (nSPS) is 8.43. The number of phosphoric acid groups is 1. The summed E-state index contributed by atoms with van der Waals surface area (Å²) in [6.45, 7) is 0. The molecule has 0 saturated heterocycles. The van der Waals surface area contributed by atoms with Gasteiger partial charge in [0.05, 0.1) is 0 Å². The Morgan fingerprint density at radius 1 is 1.14 bits per heavy atom. The van der Waals surface area contributed by atoms with Crippen molar-refractivity contribution < 1.29 is 52.0 Å². The molecule has 0 aromatic rings. The average molecular weight is 273 g/mol. The second-order valence-corrected chi connectivity index (χ2v) is 1.54. The van der Waals surface area contributed by atoms with E-state index in [1.165, 1.54) is 0 Å². The molecule has 0 heterocycles. The van der Waals surface area contributed by atoms with Gasteiger partial charge in [-0.15, -0.1) is 0 Å². The Balaban J connectivity index is -0.0000000800. The van der Waals surface area contributed by atoms with Gasteiger partial charge in [0.2, 0.25) is 0 Å². The first kappa shape index (κ1) is 16.5. The van der Waals surface area contributed by atoms with Crippen LogP contribution in [0.15, 0.2) is 0 Å². The third kappa shape index (κ3) is 48.7. The van der Waals surface area contributed by atoms with Crippen LogP contribution in [0.2, 0.25) is 0 Å². The van der Waals surface area contributed by atoms with Crippen LogP contribution in [0.4, 0.5) is 0 Å². The van der Waals surface area contributed by atoms with E-state index in [2.05, 4.69) is 0 Å². The molecule has 3 N–H and O–H groups in total. The molecule has 1 radical (unpaired) electrons. The minimum Gasteiger partial charge on any atom is 0 e. The second-order valence-electron chi connectivity index (χ2n) is 0.513. The van der Waals surface area contributed by atoms with Crippen molar-refractivity contribution in [2.45, 2.75) is 0 Å². The maximum atomic E-state index is 8.88. The molecular weight excluding hydrogens is 269 g/mol. The van der Waals surface area contributed by atoms with Crippen LogP contribution in [0.25, 0.3) is 0 Å². The predicted octanol–water partition coefficient (Wildman–Crippen LogP) is -1.58. The van der Waals surface area contributed by atoms with Crippen LogP contribution in [-0.4, -0.2) is 72.9 Å². The van der Waals surface area contributed by atoms with Gasteiger partial charge < -0.3 is 14.7 Å². The van der Waals surface area contributed by atoms with Crippen LogP contribution in [0.3, 0.4) is 0 Å². The van der Waals surface area contributed by atoms with E-state index in [1.807, 2.05) is 0 Å². The molecule has 0 aliphatic heterocycles. The van der Waals surface area contributed by atoms with Crippen molar-refractivity contribution in [1.82, 2.24) is 0 Å². The van der Waals surface area contributed by atoms with E-state index < -0.39 is 7.82 Å². The van der Waals surface area contributed by atoms with Crippen LogP contribution < -0.4 is 0 Å². The Bertz CT molecular complexity index is 57.8. The van der Waals surface area contributed by atoms with Crippen molar-refractivity contribution in [3.8, 4) is 0 Å². The fraction of sp³-hybridized carbons (Fsp3) is 0. The third-order valence-electron chi connectivity index (χ3n) is 0. The van der Waals surface area contributed by atoms with Crippen molar-refractivity contribution in [3.63, 3.8) is 0 Å². The first-order valence-corrected chi connectivity index (χ1v) is 2.35. The molecule has 0 saturated carbocycles. The maximum Gasteiger partial charge on any atom is 0 e. The SMILES string of the molecule is O=P(O)(O)O.[RbH].[Y]. The first-order valence-electron chi connectivity index (χ1n) is 0.783. The molecule has 0 unspecified atom stereocenters. The summed E-state index contributed by atoms with van der Waals surface area (Å²) >= 11 is 0. The van der Waals surface area contributed by atoms with Crippen LogP contribution in [0.5, 0.6) is 0 Å². The number of hydrogen-bond donors (Lipinski definition) is 3. The van der Waals surface area contributed by atoms with E-state index in [9.17, 15) is 0 Å². The summed E-state index contributed by atoms with van der Waals surface area (Å²) in [5, 5.41) is 0. The summed E-state index contributed by atoms with van der Waals surface area (Å²) in [6.07, 6.45) is 0. The van der Waals surface area contributed by atoms with Gasteiger partial charge in [-0.2, -0.15) is 0 Å². The molecule has 4 nitrogen and oxygen atoms in total. The Labute approximate surface area is 115 Å². The summed E-state index contributed by atoms with van der Waals surface area (Å²) in [6, 6.07) is 0. The molecule has 0 bridgehead atoms. The van der Waals surface area contributed by atoms with Crippen molar-refractivity contribution >= 4 is 66.0 Å². The molecule has 7 heteroatoms. The van der Waals surface area contributed by atoms with Gasteiger partial charge in [-0.1, -0.05) is 0 Å². The Morgan fingerprint density at radius 2 is 1.14 bits per heavy atom. The Kier molecular flexibility index (Phi) is 16.8. The van der Waals surface area contributed by atoms with Gasteiger partial charge in [-0.3, -0.25) is 0 Å². The zero-order valence-corrected chi connectivity index (χ0v) is 6.51. The Hall–Kier alpha value is 3.02. The molecule has 0 atom stereocenters. The molecule has 0 amide bonds. The second kappa shape index (κ2) is 7.13. The third-order valence-corrected chi connectivity index (χ3v) is 0. The zero-order chi connectivity index (χ0) is 4.50. The van der Waals surface area contributed by atoms with Crippen LogP contribution in [0.1, 0.15) is 0 Å². The predicted molar refractivity (Wildman–Crippen MR) is 21.4 cm³/mol. The summed E-state index contributed by atoms with van der Waals surface area (Å²) < 4.78 is 8.88. The smallest absolute Gasteiger partial charge is 0 e. The molecule has 0 aliphatic carbocycles. The van der Waals surface area contributed by atoms with E-state index in [0.717, 1.165) is 0 Å². The van der Waals surface area contributed by atoms with Gasteiger partial charge in [0, 0.05) is 32.7 Å². The zero-order valence-electron chi connectivity index (χ0n) is 2.77. The van der Waals surface area contributed by atoms with Crippen molar-refractivity contribution in [2.75, 3.05) is 0 Å². The van der Waals surface area contributed by atoms with Gasteiger partial charge in [-0.25, -0.2) is 4.57 Å². The number of rotatable bonds is 0. The quantitative estimate of drug-likeness (QED) is 0.466. The molecule has 0 aromatic heterocycles. The van der Waals surface area contributed by atoms with Crippen LogP contribution in [0, 0.1) is 0 Å². The molecule has 0 aliphatic rings. The van der Waals surface area contributed by atoms with E-state index >= 15 is 0 Å². The summed E-state index contributed by atoms with van der Waals surface area (Å²) in [7, 11) is -4.64. The van der Waals surface area contributed by atoms with Gasteiger partial charge in [0.25, 0.3) is 0 Å². The minimum absolute atomic E-state index is 0. The largest absolute Gasteiger partial charge is 0 e. The minimum atomic E-state index is -4.64. The molecule has 37 valence electrons. The van der Waals surface area contributed by atoms with Gasteiger partial charge >= 0.3 is 66.0 Å². The van der Waals surface area contributed by atoms with Crippen molar-refractivity contribution in [3.05, 3.63) is 0 Å². The fourth-order valence-electron chi connectivity index (χ4n) is 0. The molecule has 0 fully saturated rings. The molecular formula is H4O4PRbY. The van der Waals surface area contributed by atoms with Gasteiger partial charge in [0.1, 0.15) is 0 Å². The fourth-order valence-corrected chi connectivity index (χ4v) is 0. The van der Waals surface area contributed by atoms with E-state index in [-0.39, 0.29) is 90.9 Å². The van der Waals surface area contributed by atoms with Crippen LogP contribution in [-0.2, 0) is 37.3 Å². The summed E-state index contributed by atoms with van der Waals surface area (Å²) in [4.78, 5) is 21.6.